The van der Waals surface area contributed by atoms with E-state index in [2.05, 4.69) is 152 Å². The van der Waals surface area contributed by atoms with Gasteiger partial charge in [0.25, 0.3) is 0 Å². The maximum atomic E-state index is 4.99. The van der Waals surface area contributed by atoms with Crippen LogP contribution in [-0.2, 0) is 0 Å². The quantitative estimate of drug-likeness (QED) is 0.225. The van der Waals surface area contributed by atoms with Crippen LogP contribution in [0.5, 0.6) is 0 Å². The zero-order valence-corrected chi connectivity index (χ0v) is 22.8. The monoisotopic (exact) mass is 535 g/mol. The molecule has 0 atom stereocenters. The minimum atomic E-state index is 0.654. The average Bonchev–Trinajstić information content (AvgIpc) is 3.07. The molecule has 3 heteroatoms. The summed E-state index contributed by atoms with van der Waals surface area (Å²) in [6, 6.07) is 53.0. The van der Waals surface area contributed by atoms with Gasteiger partial charge in [0.2, 0.25) is 0 Å². The largest absolute Gasteiger partial charge is 0.208 e. The molecule has 7 aromatic carbocycles. The van der Waals surface area contributed by atoms with Crippen molar-refractivity contribution in [1.29, 1.82) is 0 Å². The molecule has 0 saturated heterocycles. The zero-order valence-electron chi connectivity index (χ0n) is 22.8. The SMILES string of the molecule is c1ccc2cc(-c3ccc(-c4nc(-c5ccc6ccccc6c5)nc(-c5ccc6ccccc6c5)n4)cc3)ccc2c1. The lowest BCUT2D eigenvalue weighted by molar-refractivity contribution is 1.08. The Morgan fingerprint density at radius 2 is 0.548 bits per heavy atom. The van der Waals surface area contributed by atoms with Crippen LogP contribution in [0.2, 0.25) is 0 Å². The fourth-order valence-electron chi connectivity index (χ4n) is 5.60. The molecule has 0 aliphatic carbocycles. The summed E-state index contributed by atoms with van der Waals surface area (Å²) in [4.78, 5) is 15.0. The van der Waals surface area contributed by atoms with E-state index in [9.17, 15) is 0 Å². The highest BCUT2D eigenvalue weighted by molar-refractivity contribution is 5.89. The molecule has 0 spiro atoms. The highest BCUT2D eigenvalue weighted by atomic mass is 15.0. The molecule has 8 aromatic rings. The van der Waals surface area contributed by atoms with Crippen LogP contribution in [0.3, 0.4) is 0 Å². The minimum absolute atomic E-state index is 0.654. The second kappa shape index (κ2) is 10.1. The first-order valence-corrected chi connectivity index (χ1v) is 14.1. The van der Waals surface area contributed by atoms with E-state index in [0.717, 1.165) is 33.0 Å². The van der Waals surface area contributed by atoms with Gasteiger partial charge in [-0.1, -0.05) is 133 Å². The molecule has 42 heavy (non-hydrogen) atoms. The molecule has 0 unspecified atom stereocenters. The van der Waals surface area contributed by atoms with Crippen LogP contribution in [0.4, 0.5) is 0 Å². The molecule has 0 saturated carbocycles. The topological polar surface area (TPSA) is 38.7 Å². The summed E-state index contributed by atoms with van der Waals surface area (Å²) in [5, 5.41) is 7.17. The Bertz CT molecular complexity index is 2150. The molecular weight excluding hydrogens is 510 g/mol. The molecule has 0 radical (unpaired) electrons. The van der Waals surface area contributed by atoms with Gasteiger partial charge in [0.05, 0.1) is 0 Å². The Kier molecular flexibility index (Phi) is 5.79. The van der Waals surface area contributed by atoms with Gasteiger partial charge in [0.1, 0.15) is 0 Å². The lowest BCUT2D eigenvalue weighted by Gasteiger charge is -2.10. The molecule has 0 amide bonds. The smallest absolute Gasteiger partial charge is 0.164 e. The van der Waals surface area contributed by atoms with Crippen LogP contribution in [0.1, 0.15) is 0 Å². The maximum Gasteiger partial charge on any atom is 0.164 e. The van der Waals surface area contributed by atoms with Crippen LogP contribution < -0.4 is 0 Å². The highest BCUT2D eigenvalue weighted by Gasteiger charge is 2.14. The van der Waals surface area contributed by atoms with E-state index in [-0.39, 0.29) is 0 Å². The molecule has 0 aliphatic rings. The van der Waals surface area contributed by atoms with Gasteiger partial charge in [-0.2, -0.15) is 0 Å². The second-order valence-corrected chi connectivity index (χ2v) is 10.6. The molecule has 0 bridgehead atoms. The summed E-state index contributed by atoms with van der Waals surface area (Å²) in [6.07, 6.45) is 0. The molecule has 1 aromatic heterocycles. The second-order valence-electron chi connectivity index (χ2n) is 10.6. The van der Waals surface area contributed by atoms with E-state index in [1.165, 1.54) is 27.1 Å². The van der Waals surface area contributed by atoms with Gasteiger partial charge in [0, 0.05) is 16.7 Å². The predicted molar refractivity (Wildman–Crippen MR) is 174 cm³/mol. The summed E-state index contributed by atoms with van der Waals surface area (Å²) in [5.74, 6) is 1.97. The zero-order chi connectivity index (χ0) is 27.9. The van der Waals surface area contributed by atoms with E-state index in [0.29, 0.717) is 17.5 Å². The first kappa shape index (κ1) is 24.2. The predicted octanol–water partition coefficient (Wildman–Crippen LogP) is 10.00. The van der Waals surface area contributed by atoms with Crippen molar-refractivity contribution < 1.29 is 0 Å². The highest BCUT2D eigenvalue weighted by Crippen LogP contribution is 2.30. The van der Waals surface area contributed by atoms with Crippen LogP contribution in [0, 0.1) is 0 Å². The first-order chi connectivity index (χ1) is 20.8. The molecule has 0 N–H and O–H groups in total. The number of benzene rings is 7. The van der Waals surface area contributed by atoms with Crippen molar-refractivity contribution >= 4 is 32.3 Å². The van der Waals surface area contributed by atoms with Crippen LogP contribution in [0.15, 0.2) is 152 Å². The number of aromatic nitrogens is 3. The summed E-state index contributed by atoms with van der Waals surface area (Å²) >= 11 is 0. The third-order valence-electron chi connectivity index (χ3n) is 7.88. The van der Waals surface area contributed by atoms with Crippen molar-refractivity contribution in [3.8, 4) is 45.3 Å². The number of rotatable bonds is 4. The maximum absolute atomic E-state index is 4.99. The molecule has 3 nitrogen and oxygen atoms in total. The van der Waals surface area contributed by atoms with Crippen molar-refractivity contribution in [2.24, 2.45) is 0 Å². The van der Waals surface area contributed by atoms with E-state index >= 15 is 0 Å². The van der Waals surface area contributed by atoms with Crippen molar-refractivity contribution in [3.63, 3.8) is 0 Å². The lowest BCUT2D eigenvalue weighted by Crippen LogP contribution is -2.00. The first-order valence-electron chi connectivity index (χ1n) is 14.1. The Labute approximate surface area is 243 Å². The van der Waals surface area contributed by atoms with Crippen molar-refractivity contribution in [1.82, 2.24) is 15.0 Å². The van der Waals surface area contributed by atoms with Crippen LogP contribution in [-0.4, -0.2) is 15.0 Å². The standard InChI is InChI=1S/C39H25N3/c1-4-10-31-23-34(20-15-26(31)7-1)29-13-18-30(19-14-29)37-40-38(35-21-16-27-8-2-5-11-32(27)24-35)42-39(41-37)36-22-17-28-9-3-6-12-33(28)25-36/h1-25H. The Balaban J connectivity index is 1.25. The Morgan fingerprint density at radius 1 is 0.238 bits per heavy atom. The van der Waals surface area contributed by atoms with E-state index in [4.69, 9.17) is 15.0 Å². The van der Waals surface area contributed by atoms with Gasteiger partial charge in [-0.25, -0.2) is 15.0 Å². The third-order valence-corrected chi connectivity index (χ3v) is 7.88. The molecule has 1 heterocycles. The van der Waals surface area contributed by atoms with Gasteiger partial charge < -0.3 is 0 Å². The summed E-state index contributed by atoms with van der Waals surface area (Å²) in [6.45, 7) is 0. The van der Waals surface area contributed by atoms with Gasteiger partial charge in [-0.15, -0.1) is 0 Å². The fourth-order valence-corrected chi connectivity index (χ4v) is 5.60. The fraction of sp³-hybridized carbons (Fsp3) is 0. The Morgan fingerprint density at radius 3 is 1.00 bits per heavy atom. The lowest BCUT2D eigenvalue weighted by atomic mass is 10.00. The molecule has 0 fully saturated rings. The molecule has 8 rings (SSSR count). The Hall–Kier alpha value is -5.67. The normalized spacial score (nSPS) is 11.3. The molecule has 196 valence electrons. The summed E-state index contributed by atoms with van der Waals surface area (Å²) in [5.41, 5.74) is 5.22. The number of hydrogen-bond acceptors (Lipinski definition) is 3. The summed E-state index contributed by atoms with van der Waals surface area (Å²) in [7, 11) is 0. The van der Waals surface area contributed by atoms with Crippen molar-refractivity contribution in [2.45, 2.75) is 0 Å². The van der Waals surface area contributed by atoms with E-state index in [1.54, 1.807) is 0 Å². The molecular formula is C39H25N3. The number of nitrogens with zero attached hydrogens (tertiary/aromatic N) is 3. The van der Waals surface area contributed by atoms with Crippen LogP contribution in [0.25, 0.3) is 77.6 Å². The number of fused-ring (bicyclic) bond motifs is 3. The van der Waals surface area contributed by atoms with Gasteiger partial charge >= 0.3 is 0 Å². The van der Waals surface area contributed by atoms with Crippen molar-refractivity contribution in [3.05, 3.63) is 152 Å². The average molecular weight is 536 g/mol. The van der Waals surface area contributed by atoms with Gasteiger partial charge in [0.15, 0.2) is 17.5 Å². The van der Waals surface area contributed by atoms with E-state index < -0.39 is 0 Å². The minimum Gasteiger partial charge on any atom is -0.208 e. The third kappa shape index (κ3) is 4.47. The molecule has 0 aliphatic heterocycles. The van der Waals surface area contributed by atoms with Gasteiger partial charge in [-0.3, -0.25) is 0 Å². The van der Waals surface area contributed by atoms with Crippen molar-refractivity contribution in [2.75, 3.05) is 0 Å². The van der Waals surface area contributed by atoms with Crippen LogP contribution >= 0.6 is 0 Å². The summed E-state index contributed by atoms with van der Waals surface area (Å²) < 4.78 is 0. The van der Waals surface area contributed by atoms with Gasteiger partial charge in [-0.05, 0) is 61.6 Å². The number of hydrogen-bond donors (Lipinski definition) is 0. The van der Waals surface area contributed by atoms with E-state index in [1.807, 2.05) is 0 Å².